The van der Waals surface area contributed by atoms with Gasteiger partial charge in [0.2, 0.25) is 5.91 Å². The van der Waals surface area contributed by atoms with Crippen molar-refractivity contribution >= 4 is 16.8 Å². The molecule has 0 radical (unpaired) electrons. The Bertz CT molecular complexity index is 1140. The van der Waals surface area contributed by atoms with Crippen molar-refractivity contribution in [3.63, 3.8) is 0 Å². The molecule has 0 aliphatic carbocycles. The van der Waals surface area contributed by atoms with Crippen LogP contribution in [0, 0.1) is 6.92 Å². The van der Waals surface area contributed by atoms with Crippen LogP contribution in [-0.2, 0) is 11.3 Å². The number of aryl methyl sites for hydroxylation is 1. The molecular weight excluding hydrogens is 366 g/mol. The van der Waals surface area contributed by atoms with Crippen molar-refractivity contribution < 1.29 is 4.79 Å². The summed E-state index contributed by atoms with van der Waals surface area (Å²) in [6.07, 6.45) is 0.435. The van der Waals surface area contributed by atoms with E-state index in [-0.39, 0.29) is 24.1 Å². The van der Waals surface area contributed by atoms with E-state index in [9.17, 15) is 14.4 Å². The van der Waals surface area contributed by atoms with Crippen LogP contribution in [-0.4, -0.2) is 21.1 Å². The maximum absolute atomic E-state index is 13.4. The minimum Gasteiger partial charge on any atom is -0.352 e. The molecule has 0 bridgehead atoms. The molecule has 1 heterocycles. The summed E-state index contributed by atoms with van der Waals surface area (Å²) in [4.78, 5) is 39.4. The highest BCUT2D eigenvalue weighted by molar-refractivity contribution is 5.85. The van der Waals surface area contributed by atoms with Crippen LogP contribution in [0.2, 0.25) is 0 Å². The van der Waals surface area contributed by atoms with Gasteiger partial charge in [-0.3, -0.25) is 18.7 Å². The average molecular weight is 393 g/mol. The van der Waals surface area contributed by atoms with E-state index >= 15 is 0 Å². The Morgan fingerprint density at radius 1 is 1.07 bits per heavy atom. The van der Waals surface area contributed by atoms with Crippen LogP contribution in [0.5, 0.6) is 0 Å². The normalized spacial score (nSPS) is 12.3. The number of rotatable bonds is 6. The molecule has 29 heavy (non-hydrogen) atoms. The fourth-order valence-corrected chi connectivity index (χ4v) is 3.57. The van der Waals surface area contributed by atoms with Gasteiger partial charge in [-0.25, -0.2) is 4.79 Å². The van der Waals surface area contributed by atoms with Gasteiger partial charge in [0.05, 0.1) is 17.4 Å². The van der Waals surface area contributed by atoms with Crippen LogP contribution >= 0.6 is 0 Å². The number of nitrogens with one attached hydrogen (secondary N) is 1. The van der Waals surface area contributed by atoms with Crippen LogP contribution < -0.4 is 16.6 Å². The Morgan fingerprint density at radius 2 is 1.76 bits per heavy atom. The highest BCUT2D eigenvalue weighted by Crippen LogP contribution is 2.18. The summed E-state index contributed by atoms with van der Waals surface area (Å²) in [5, 5.41) is 3.33. The molecule has 2 aromatic carbocycles. The first-order valence-corrected chi connectivity index (χ1v) is 9.93. The summed E-state index contributed by atoms with van der Waals surface area (Å²) in [5.41, 5.74) is 1.45. The van der Waals surface area contributed by atoms with E-state index in [1.165, 1.54) is 9.13 Å². The van der Waals surface area contributed by atoms with Gasteiger partial charge in [-0.05, 0) is 44.9 Å². The zero-order chi connectivity index (χ0) is 21.1. The topological polar surface area (TPSA) is 73.1 Å². The highest BCUT2D eigenvalue weighted by atomic mass is 16.2. The second kappa shape index (κ2) is 8.47. The average Bonchev–Trinajstić information content (AvgIpc) is 2.68. The van der Waals surface area contributed by atoms with E-state index in [1.807, 2.05) is 64.1 Å². The van der Waals surface area contributed by atoms with Crippen LogP contribution in [0.1, 0.15) is 44.4 Å². The van der Waals surface area contributed by atoms with Crippen LogP contribution in [0.15, 0.2) is 58.1 Å². The van der Waals surface area contributed by atoms with E-state index in [0.717, 1.165) is 11.1 Å². The summed E-state index contributed by atoms with van der Waals surface area (Å²) in [6, 6.07) is 14.0. The first-order chi connectivity index (χ1) is 13.8. The van der Waals surface area contributed by atoms with Gasteiger partial charge in [-0.15, -0.1) is 0 Å². The fourth-order valence-electron chi connectivity index (χ4n) is 3.57. The molecule has 0 spiro atoms. The standard InChI is InChI=1S/C23H27N3O3/c1-5-19(21(27)24-15(2)3)26-20-12-11-16(4)13-18(20)22(28)25(23(26)29)14-17-9-7-6-8-10-17/h6-13,15,19H,5,14H2,1-4H3,(H,24,27). The van der Waals surface area contributed by atoms with Crippen molar-refractivity contribution in [2.24, 2.45) is 0 Å². The second-order valence-electron chi connectivity index (χ2n) is 7.64. The first kappa shape index (κ1) is 20.6. The molecule has 0 saturated heterocycles. The Balaban J connectivity index is 2.29. The van der Waals surface area contributed by atoms with Crippen molar-refractivity contribution in [3.8, 4) is 0 Å². The van der Waals surface area contributed by atoms with Gasteiger partial charge in [0.25, 0.3) is 5.56 Å². The van der Waals surface area contributed by atoms with Gasteiger partial charge in [-0.1, -0.05) is 48.9 Å². The van der Waals surface area contributed by atoms with Crippen molar-refractivity contribution in [3.05, 3.63) is 80.5 Å². The Kier molecular flexibility index (Phi) is 6.01. The minimum atomic E-state index is -0.697. The molecule has 1 N–H and O–H groups in total. The number of amides is 1. The molecule has 1 amide bonds. The summed E-state index contributed by atoms with van der Waals surface area (Å²) in [6.45, 7) is 7.68. The van der Waals surface area contributed by atoms with Gasteiger partial charge in [0, 0.05) is 6.04 Å². The summed E-state index contributed by atoms with van der Waals surface area (Å²) >= 11 is 0. The monoisotopic (exact) mass is 393 g/mol. The summed E-state index contributed by atoms with van der Waals surface area (Å²) in [7, 11) is 0. The molecule has 1 atom stereocenters. The van der Waals surface area contributed by atoms with Crippen LogP contribution in [0.25, 0.3) is 10.9 Å². The smallest absolute Gasteiger partial charge is 0.332 e. The molecule has 0 aliphatic rings. The molecule has 0 fully saturated rings. The number of nitrogens with zero attached hydrogens (tertiary/aromatic N) is 2. The van der Waals surface area contributed by atoms with Gasteiger partial charge in [0.1, 0.15) is 6.04 Å². The van der Waals surface area contributed by atoms with Gasteiger partial charge < -0.3 is 5.32 Å². The highest BCUT2D eigenvalue weighted by Gasteiger charge is 2.25. The van der Waals surface area contributed by atoms with Gasteiger partial charge >= 0.3 is 5.69 Å². The van der Waals surface area contributed by atoms with Crippen molar-refractivity contribution in [2.75, 3.05) is 0 Å². The molecule has 0 saturated carbocycles. The molecule has 0 aliphatic heterocycles. The second-order valence-corrected chi connectivity index (χ2v) is 7.64. The lowest BCUT2D eigenvalue weighted by molar-refractivity contribution is -0.124. The maximum atomic E-state index is 13.4. The quantitative estimate of drug-likeness (QED) is 0.700. The zero-order valence-corrected chi connectivity index (χ0v) is 17.3. The summed E-state index contributed by atoms with van der Waals surface area (Å²) < 4.78 is 2.69. The minimum absolute atomic E-state index is 0.0454. The predicted molar refractivity (Wildman–Crippen MR) is 115 cm³/mol. The molecule has 6 nitrogen and oxygen atoms in total. The van der Waals surface area contributed by atoms with Crippen LogP contribution in [0.4, 0.5) is 0 Å². The summed E-state index contributed by atoms with van der Waals surface area (Å²) in [5.74, 6) is -0.226. The lowest BCUT2D eigenvalue weighted by atomic mass is 10.1. The van der Waals surface area contributed by atoms with Gasteiger partial charge in [-0.2, -0.15) is 0 Å². The number of hydrogen-bond acceptors (Lipinski definition) is 3. The molecule has 3 rings (SSSR count). The van der Waals surface area contributed by atoms with Gasteiger partial charge in [0.15, 0.2) is 0 Å². The molecule has 1 aromatic heterocycles. The number of benzene rings is 2. The third-order valence-electron chi connectivity index (χ3n) is 4.94. The third-order valence-corrected chi connectivity index (χ3v) is 4.94. The Morgan fingerprint density at radius 3 is 2.38 bits per heavy atom. The van der Waals surface area contributed by atoms with Crippen molar-refractivity contribution in [1.82, 2.24) is 14.5 Å². The maximum Gasteiger partial charge on any atom is 0.332 e. The van der Waals surface area contributed by atoms with E-state index in [4.69, 9.17) is 0 Å². The SMILES string of the molecule is CCC(C(=O)NC(C)C)n1c(=O)n(Cc2ccccc2)c(=O)c2cc(C)ccc21. The predicted octanol–water partition coefficient (Wildman–Crippen LogP) is 3.00. The van der Waals surface area contributed by atoms with E-state index < -0.39 is 11.7 Å². The van der Waals surface area contributed by atoms with E-state index in [1.54, 1.807) is 12.1 Å². The number of fused-ring (bicyclic) bond motifs is 1. The van der Waals surface area contributed by atoms with Crippen molar-refractivity contribution in [2.45, 2.75) is 52.7 Å². The number of aromatic nitrogens is 2. The molecule has 3 aromatic rings. The third kappa shape index (κ3) is 4.16. The van der Waals surface area contributed by atoms with Crippen LogP contribution in [0.3, 0.4) is 0 Å². The molecule has 6 heteroatoms. The van der Waals surface area contributed by atoms with Crippen molar-refractivity contribution in [1.29, 1.82) is 0 Å². The largest absolute Gasteiger partial charge is 0.352 e. The number of hydrogen-bond donors (Lipinski definition) is 1. The zero-order valence-electron chi connectivity index (χ0n) is 17.3. The Labute approximate surface area is 169 Å². The first-order valence-electron chi connectivity index (χ1n) is 9.93. The Hall–Kier alpha value is -3.15. The molecule has 1 unspecified atom stereocenters. The lowest BCUT2D eigenvalue weighted by Crippen LogP contribution is -2.46. The fraction of sp³-hybridized carbons (Fsp3) is 0.348. The molecule has 152 valence electrons. The number of carbonyl (C=O) groups excluding carboxylic acids is 1. The lowest BCUT2D eigenvalue weighted by Gasteiger charge is -2.22. The van der Waals surface area contributed by atoms with E-state index in [2.05, 4.69) is 5.32 Å². The molecular formula is C23H27N3O3. The van der Waals surface area contributed by atoms with E-state index in [0.29, 0.717) is 17.3 Å². The number of carbonyl (C=O) groups is 1.